The van der Waals surface area contributed by atoms with Gasteiger partial charge in [-0.3, -0.25) is 25.8 Å². The first kappa shape index (κ1) is 19.1. The smallest absolute Gasteiger partial charge is 0.273 e. The van der Waals surface area contributed by atoms with E-state index in [1.807, 2.05) is 0 Å². The molecule has 0 atom stereocenters. The van der Waals surface area contributed by atoms with Gasteiger partial charge < -0.3 is 4.74 Å². The second kappa shape index (κ2) is 9.28. The van der Waals surface area contributed by atoms with E-state index in [0.717, 1.165) is 12.1 Å². The third kappa shape index (κ3) is 5.38. The largest absolute Gasteiger partial charge is 0.489 e. The van der Waals surface area contributed by atoms with E-state index < -0.39 is 17.6 Å². The number of para-hydroxylation sites is 1. The molecule has 0 fully saturated rings. The minimum Gasteiger partial charge on any atom is -0.489 e. The number of nitrogens with one attached hydrogen (secondary N) is 3. The van der Waals surface area contributed by atoms with Gasteiger partial charge in [0.2, 0.25) is 0 Å². The molecule has 0 unspecified atom stereocenters. The molecule has 2 amide bonds. The van der Waals surface area contributed by atoms with E-state index in [1.165, 1.54) is 12.1 Å². The molecule has 2 rings (SSSR count). The van der Waals surface area contributed by atoms with Crippen LogP contribution in [0.25, 0.3) is 0 Å². The fraction of sp³-hybridized carbons (Fsp3) is 0.0556. The molecular weight excluding hydrogens is 357 g/mol. The normalized spacial score (nSPS) is 9.73. The van der Waals surface area contributed by atoms with Crippen LogP contribution in [0, 0.1) is 5.82 Å². The Kier molecular flexibility index (Phi) is 6.81. The third-order valence-corrected chi connectivity index (χ3v) is 3.32. The van der Waals surface area contributed by atoms with Gasteiger partial charge in [0.25, 0.3) is 11.8 Å². The molecule has 134 valence electrons. The highest BCUT2D eigenvalue weighted by atomic mass is 32.1. The first-order valence-electron chi connectivity index (χ1n) is 7.51. The molecule has 3 N–H and O–H groups in total. The van der Waals surface area contributed by atoms with E-state index >= 15 is 0 Å². The van der Waals surface area contributed by atoms with E-state index in [1.54, 1.807) is 30.3 Å². The average molecular weight is 373 g/mol. The maximum atomic E-state index is 12.9. The number of hydrogen-bond donors (Lipinski definition) is 3. The number of carbonyl (C=O) groups is 2. The summed E-state index contributed by atoms with van der Waals surface area (Å²) < 4.78 is 18.3. The highest BCUT2D eigenvalue weighted by Crippen LogP contribution is 2.17. The molecule has 6 nitrogen and oxygen atoms in total. The molecule has 2 aromatic carbocycles. The summed E-state index contributed by atoms with van der Waals surface area (Å²) in [6.07, 6.45) is 1.56. The standard InChI is InChI=1S/C18H16FN3O3S/c1-2-11-25-15-6-4-3-5-14(15)17(24)21-22-18(26)20-16(23)12-7-9-13(19)10-8-12/h2-10H,1,11H2,(H,21,24)(H2,20,22,23,26). The second-order valence-electron chi connectivity index (χ2n) is 4.97. The topological polar surface area (TPSA) is 79.5 Å². The summed E-state index contributed by atoms with van der Waals surface area (Å²) >= 11 is 4.95. The zero-order valence-electron chi connectivity index (χ0n) is 13.6. The van der Waals surface area contributed by atoms with Crippen molar-refractivity contribution in [1.82, 2.24) is 16.2 Å². The molecule has 0 bridgehead atoms. The Hall–Kier alpha value is -3.26. The lowest BCUT2D eigenvalue weighted by Gasteiger charge is -2.13. The summed E-state index contributed by atoms with van der Waals surface area (Å²) in [5, 5.41) is 2.26. The van der Waals surface area contributed by atoms with Crippen LogP contribution >= 0.6 is 12.2 Å². The van der Waals surface area contributed by atoms with Gasteiger partial charge in [0.1, 0.15) is 18.2 Å². The number of rotatable bonds is 5. The number of hydrazine groups is 1. The first-order chi connectivity index (χ1) is 12.5. The fourth-order valence-electron chi connectivity index (χ4n) is 1.92. The number of amides is 2. The van der Waals surface area contributed by atoms with Crippen molar-refractivity contribution in [3.8, 4) is 5.75 Å². The number of halogens is 1. The van der Waals surface area contributed by atoms with Crippen molar-refractivity contribution in [3.63, 3.8) is 0 Å². The van der Waals surface area contributed by atoms with Gasteiger partial charge in [-0.1, -0.05) is 24.8 Å². The SMILES string of the molecule is C=CCOc1ccccc1C(=O)NNC(=S)NC(=O)c1ccc(F)cc1. The van der Waals surface area contributed by atoms with Crippen molar-refractivity contribution in [2.75, 3.05) is 6.61 Å². The monoisotopic (exact) mass is 373 g/mol. The Morgan fingerprint density at radius 2 is 1.77 bits per heavy atom. The molecular formula is C18H16FN3O3S. The minimum absolute atomic E-state index is 0.114. The third-order valence-electron chi connectivity index (χ3n) is 3.11. The maximum Gasteiger partial charge on any atom is 0.273 e. The Balaban J connectivity index is 1.91. The molecule has 8 heteroatoms. The zero-order valence-corrected chi connectivity index (χ0v) is 14.4. The van der Waals surface area contributed by atoms with E-state index in [9.17, 15) is 14.0 Å². The fourth-order valence-corrected chi connectivity index (χ4v) is 2.06. The van der Waals surface area contributed by atoms with Crippen LogP contribution in [0.15, 0.2) is 61.2 Å². The highest BCUT2D eigenvalue weighted by Gasteiger charge is 2.13. The summed E-state index contributed by atoms with van der Waals surface area (Å²) in [7, 11) is 0. The predicted octanol–water partition coefficient (Wildman–Crippen LogP) is 2.34. The van der Waals surface area contributed by atoms with Gasteiger partial charge in [-0.05, 0) is 48.6 Å². The van der Waals surface area contributed by atoms with Crippen LogP contribution in [0.5, 0.6) is 5.75 Å². The predicted molar refractivity (Wildman–Crippen MR) is 99.2 cm³/mol. The molecule has 0 aromatic heterocycles. The van der Waals surface area contributed by atoms with Crippen molar-refractivity contribution in [3.05, 3.63) is 78.1 Å². The van der Waals surface area contributed by atoms with E-state index in [0.29, 0.717) is 5.75 Å². The number of ether oxygens (including phenoxy) is 1. The maximum absolute atomic E-state index is 12.9. The van der Waals surface area contributed by atoms with Gasteiger partial charge >= 0.3 is 0 Å². The highest BCUT2D eigenvalue weighted by molar-refractivity contribution is 7.80. The number of carbonyl (C=O) groups excluding carboxylic acids is 2. The second-order valence-corrected chi connectivity index (χ2v) is 5.37. The summed E-state index contributed by atoms with van der Waals surface area (Å²) in [5.74, 6) is -1.10. The molecule has 0 saturated carbocycles. The molecule has 0 saturated heterocycles. The van der Waals surface area contributed by atoms with E-state index in [2.05, 4.69) is 22.7 Å². The van der Waals surface area contributed by atoms with Gasteiger partial charge in [0, 0.05) is 5.56 Å². The van der Waals surface area contributed by atoms with E-state index in [-0.39, 0.29) is 22.8 Å². The molecule has 2 aromatic rings. The van der Waals surface area contributed by atoms with Gasteiger partial charge in [-0.15, -0.1) is 0 Å². The van der Waals surface area contributed by atoms with Crippen molar-refractivity contribution >= 4 is 29.1 Å². The van der Waals surface area contributed by atoms with Crippen LogP contribution in [0.3, 0.4) is 0 Å². The summed E-state index contributed by atoms with van der Waals surface area (Å²) in [4.78, 5) is 24.2. The Bertz CT molecular complexity index is 825. The lowest BCUT2D eigenvalue weighted by molar-refractivity contribution is 0.0931. The molecule has 26 heavy (non-hydrogen) atoms. The van der Waals surface area contributed by atoms with Crippen LogP contribution < -0.4 is 20.9 Å². The van der Waals surface area contributed by atoms with Crippen LogP contribution in [0.1, 0.15) is 20.7 Å². The van der Waals surface area contributed by atoms with Crippen LogP contribution in [0.2, 0.25) is 0 Å². The van der Waals surface area contributed by atoms with Gasteiger partial charge in [-0.2, -0.15) is 0 Å². The molecule has 0 heterocycles. The van der Waals surface area contributed by atoms with E-state index in [4.69, 9.17) is 17.0 Å². The van der Waals surface area contributed by atoms with Crippen molar-refractivity contribution in [2.45, 2.75) is 0 Å². The summed E-state index contributed by atoms with van der Waals surface area (Å²) in [6, 6.07) is 11.6. The van der Waals surface area contributed by atoms with Crippen LogP contribution in [-0.4, -0.2) is 23.5 Å². The average Bonchev–Trinajstić information content (AvgIpc) is 2.65. The summed E-state index contributed by atoms with van der Waals surface area (Å²) in [5.41, 5.74) is 5.31. The number of benzene rings is 2. The Morgan fingerprint density at radius 1 is 1.08 bits per heavy atom. The Morgan fingerprint density at radius 3 is 2.46 bits per heavy atom. The van der Waals surface area contributed by atoms with Gasteiger partial charge in [0.15, 0.2) is 5.11 Å². The molecule has 0 aliphatic heterocycles. The molecule has 0 aliphatic rings. The molecule has 0 radical (unpaired) electrons. The van der Waals surface area contributed by atoms with Crippen molar-refractivity contribution < 1.29 is 18.7 Å². The minimum atomic E-state index is -0.536. The van der Waals surface area contributed by atoms with Crippen LogP contribution in [0.4, 0.5) is 4.39 Å². The van der Waals surface area contributed by atoms with Crippen LogP contribution in [-0.2, 0) is 0 Å². The van der Waals surface area contributed by atoms with Crippen molar-refractivity contribution in [1.29, 1.82) is 0 Å². The molecule has 0 aliphatic carbocycles. The number of hydrogen-bond acceptors (Lipinski definition) is 4. The van der Waals surface area contributed by atoms with Gasteiger partial charge in [-0.25, -0.2) is 4.39 Å². The Labute approximate surface area is 155 Å². The zero-order chi connectivity index (χ0) is 18.9. The summed E-state index contributed by atoms with van der Waals surface area (Å²) in [6.45, 7) is 3.80. The van der Waals surface area contributed by atoms with Gasteiger partial charge in [0.05, 0.1) is 5.56 Å². The lowest BCUT2D eigenvalue weighted by atomic mass is 10.2. The number of thiocarbonyl (C=S) groups is 1. The molecule has 0 spiro atoms. The lowest BCUT2D eigenvalue weighted by Crippen LogP contribution is -2.48. The quantitative estimate of drug-likeness (QED) is 0.426. The first-order valence-corrected chi connectivity index (χ1v) is 7.92. The van der Waals surface area contributed by atoms with Crippen molar-refractivity contribution in [2.24, 2.45) is 0 Å².